The maximum atomic E-state index is 8.88. The van der Waals surface area contributed by atoms with Crippen molar-refractivity contribution in [3.63, 3.8) is 0 Å². The standard InChI is InChI=1S/C19H12N4/c20-11-13-9-10-18(21-12-13)23-19-14-5-1-3-7-16(14)22-17-8-4-2-6-15(17)19/h1-10,12H,(H,21,22,23). The highest BCUT2D eigenvalue weighted by Crippen LogP contribution is 2.32. The lowest BCUT2D eigenvalue weighted by atomic mass is 10.1. The van der Waals surface area contributed by atoms with Gasteiger partial charge < -0.3 is 5.32 Å². The summed E-state index contributed by atoms with van der Waals surface area (Å²) in [4.78, 5) is 9.01. The van der Waals surface area contributed by atoms with Crippen LogP contribution in [0.15, 0.2) is 66.9 Å². The highest BCUT2D eigenvalue weighted by molar-refractivity contribution is 6.08. The van der Waals surface area contributed by atoms with Crippen LogP contribution < -0.4 is 5.32 Å². The molecule has 4 rings (SSSR count). The number of pyridine rings is 2. The lowest BCUT2D eigenvalue weighted by molar-refractivity contribution is 1.29. The summed E-state index contributed by atoms with van der Waals surface area (Å²) in [6, 6.07) is 21.7. The molecule has 4 aromatic rings. The Kier molecular flexibility index (Phi) is 3.10. The maximum absolute atomic E-state index is 8.88. The summed E-state index contributed by atoms with van der Waals surface area (Å²) in [5.74, 6) is 0.700. The Hall–Kier alpha value is -3.45. The van der Waals surface area contributed by atoms with E-state index < -0.39 is 0 Å². The minimum absolute atomic E-state index is 0.542. The van der Waals surface area contributed by atoms with Crippen molar-refractivity contribution in [1.82, 2.24) is 9.97 Å². The van der Waals surface area contributed by atoms with Crippen molar-refractivity contribution < 1.29 is 0 Å². The van der Waals surface area contributed by atoms with E-state index in [0.717, 1.165) is 27.5 Å². The van der Waals surface area contributed by atoms with Gasteiger partial charge in [0, 0.05) is 17.0 Å². The highest BCUT2D eigenvalue weighted by Gasteiger charge is 2.09. The van der Waals surface area contributed by atoms with E-state index in [0.29, 0.717) is 11.4 Å². The van der Waals surface area contributed by atoms with Gasteiger partial charge in [-0.25, -0.2) is 9.97 Å². The molecule has 0 fully saturated rings. The van der Waals surface area contributed by atoms with E-state index in [4.69, 9.17) is 10.2 Å². The molecule has 0 bridgehead atoms. The molecule has 108 valence electrons. The van der Waals surface area contributed by atoms with Crippen LogP contribution in [0.25, 0.3) is 21.8 Å². The zero-order chi connectivity index (χ0) is 15.6. The summed E-state index contributed by atoms with van der Waals surface area (Å²) < 4.78 is 0. The van der Waals surface area contributed by atoms with Crippen LogP contribution in [0.4, 0.5) is 11.5 Å². The molecule has 1 N–H and O–H groups in total. The summed E-state index contributed by atoms with van der Waals surface area (Å²) >= 11 is 0. The fourth-order valence-electron chi connectivity index (χ4n) is 2.64. The van der Waals surface area contributed by atoms with Gasteiger partial charge in [0.1, 0.15) is 11.9 Å². The van der Waals surface area contributed by atoms with Crippen molar-refractivity contribution in [2.24, 2.45) is 0 Å². The second-order valence-corrected chi connectivity index (χ2v) is 5.19. The minimum Gasteiger partial charge on any atom is -0.339 e. The first-order chi connectivity index (χ1) is 11.3. The first kappa shape index (κ1) is 13.2. The molecule has 2 heterocycles. The van der Waals surface area contributed by atoms with Gasteiger partial charge >= 0.3 is 0 Å². The average molecular weight is 296 g/mol. The van der Waals surface area contributed by atoms with E-state index >= 15 is 0 Å². The molecule has 4 heteroatoms. The van der Waals surface area contributed by atoms with Crippen LogP contribution in [0.1, 0.15) is 5.56 Å². The number of rotatable bonds is 2. The third kappa shape index (κ3) is 2.34. The largest absolute Gasteiger partial charge is 0.339 e. The molecule has 0 unspecified atom stereocenters. The van der Waals surface area contributed by atoms with Gasteiger partial charge in [-0.2, -0.15) is 5.26 Å². The number of nitrogens with one attached hydrogen (secondary N) is 1. The normalized spacial score (nSPS) is 10.6. The molecule has 4 nitrogen and oxygen atoms in total. The molecule has 0 spiro atoms. The van der Waals surface area contributed by atoms with Gasteiger partial charge in [0.15, 0.2) is 0 Å². The Bertz CT molecular complexity index is 992. The Labute approximate surface area is 133 Å². The van der Waals surface area contributed by atoms with E-state index in [1.54, 1.807) is 12.3 Å². The maximum Gasteiger partial charge on any atom is 0.130 e. The van der Waals surface area contributed by atoms with Gasteiger partial charge in [-0.15, -0.1) is 0 Å². The van der Waals surface area contributed by atoms with Gasteiger partial charge in [-0.3, -0.25) is 0 Å². The SMILES string of the molecule is N#Cc1ccc(Nc2c3ccccc3nc3ccccc23)nc1. The average Bonchev–Trinajstić information content (AvgIpc) is 2.62. The second-order valence-electron chi connectivity index (χ2n) is 5.19. The monoisotopic (exact) mass is 296 g/mol. The zero-order valence-electron chi connectivity index (χ0n) is 12.2. The van der Waals surface area contributed by atoms with Crippen LogP contribution in [0.5, 0.6) is 0 Å². The van der Waals surface area contributed by atoms with Gasteiger partial charge in [0.25, 0.3) is 0 Å². The summed E-state index contributed by atoms with van der Waals surface area (Å²) in [5.41, 5.74) is 3.38. The van der Waals surface area contributed by atoms with Crippen molar-refractivity contribution in [3.05, 3.63) is 72.4 Å². The Morgan fingerprint density at radius 2 is 1.48 bits per heavy atom. The number of nitriles is 1. The van der Waals surface area contributed by atoms with Crippen molar-refractivity contribution in [3.8, 4) is 6.07 Å². The molecular weight excluding hydrogens is 284 g/mol. The number of nitrogens with zero attached hydrogens (tertiary/aromatic N) is 3. The molecule has 0 radical (unpaired) electrons. The first-order valence-electron chi connectivity index (χ1n) is 7.26. The summed E-state index contributed by atoms with van der Waals surface area (Å²) in [6.45, 7) is 0. The number of hydrogen-bond donors (Lipinski definition) is 1. The third-order valence-electron chi connectivity index (χ3n) is 3.73. The highest BCUT2D eigenvalue weighted by atomic mass is 15.0. The molecule has 0 amide bonds. The van der Waals surface area contributed by atoms with Gasteiger partial charge in [-0.05, 0) is 24.3 Å². The van der Waals surface area contributed by atoms with Crippen molar-refractivity contribution in [2.75, 3.05) is 5.32 Å². The lowest BCUT2D eigenvalue weighted by Crippen LogP contribution is -1.97. The predicted molar refractivity (Wildman–Crippen MR) is 91.5 cm³/mol. The smallest absolute Gasteiger partial charge is 0.130 e. The summed E-state index contributed by atoms with van der Waals surface area (Å²) in [5, 5.41) is 14.3. The molecule has 0 saturated heterocycles. The molecule has 0 atom stereocenters. The molecular formula is C19H12N4. The van der Waals surface area contributed by atoms with E-state index in [-0.39, 0.29) is 0 Å². The quantitative estimate of drug-likeness (QED) is 0.557. The second kappa shape index (κ2) is 5.39. The van der Waals surface area contributed by atoms with Gasteiger partial charge in [-0.1, -0.05) is 36.4 Å². The van der Waals surface area contributed by atoms with Crippen molar-refractivity contribution in [2.45, 2.75) is 0 Å². The van der Waals surface area contributed by atoms with Gasteiger partial charge in [0.2, 0.25) is 0 Å². The Morgan fingerprint density at radius 1 is 0.826 bits per heavy atom. The van der Waals surface area contributed by atoms with Crippen LogP contribution in [0.3, 0.4) is 0 Å². The number of fused-ring (bicyclic) bond motifs is 2. The van der Waals surface area contributed by atoms with Crippen LogP contribution in [-0.4, -0.2) is 9.97 Å². The molecule has 0 aliphatic carbocycles. The van der Waals surface area contributed by atoms with Crippen molar-refractivity contribution >= 4 is 33.3 Å². The zero-order valence-corrected chi connectivity index (χ0v) is 12.2. The van der Waals surface area contributed by atoms with Crippen LogP contribution in [0, 0.1) is 11.3 Å². The molecule has 0 saturated carbocycles. The Morgan fingerprint density at radius 3 is 2.04 bits per heavy atom. The Balaban J connectivity index is 1.93. The lowest BCUT2D eigenvalue weighted by Gasteiger charge is -2.12. The number of anilines is 2. The fraction of sp³-hybridized carbons (Fsp3) is 0. The topological polar surface area (TPSA) is 61.6 Å². The number of hydrogen-bond acceptors (Lipinski definition) is 4. The first-order valence-corrected chi connectivity index (χ1v) is 7.26. The van der Waals surface area contributed by atoms with E-state index in [1.165, 1.54) is 0 Å². The molecule has 2 aromatic carbocycles. The van der Waals surface area contributed by atoms with Crippen LogP contribution in [0.2, 0.25) is 0 Å². The predicted octanol–water partition coefficient (Wildman–Crippen LogP) is 4.40. The molecule has 0 aliphatic heterocycles. The van der Waals surface area contributed by atoms with E-state index in [2.05, 4.69) is 16.4 Å². The molecule has 23 heavy (non-hydrogen) atoms. The summed E-state index contributed by atoms with van der Waals surface area (Å²) in [7, 11) is 0. The number of aromatic nitrogens is 2. The molecule has 0 aliphatic rings. The van der Waals surface area contributed by atoms with E-state index in [1.807, 2.05) is 54.6 Å². The van der Waals surface area contributed by atoms with E-state index in [9.17, 15) is 0 Å². The van der Waals surface area contributed by atoms with Crippen LogP contribution in [-0.2, 0) is 0 Å². The number of benzene rings is 2. The minimum atomic E-state index is 0.542. The summed E-state index contributed by atoms with van der Waals surface area (Å²) in [6.07, 6.45) is 1.56. The van der Waals surface area contributed by atoms with Gasteiger partial charge in [0.05, 0.1) is 22.3 Å². The third-order valence-corrected chi connectivity index (χ3v) is 3.73. The van der Waals surface area contributed by atoms with Crippen LogP contribution >= 0.6 is 0 Å². The van der Waals surface area contributed by atoms with Crippen molar-refractivity contribution in [1.29, 1.82) is 5.26 Å². The fourth-order valence-corrected chi connectivity index (χ4v) is 2.64. The molecule has 2 aromatic heterocycles. The number of para-hydroxylation sites is 2.